The molecule has 0 aliphatic carbocycles. The van der Waals surface area contributed by atoms with Gasteiger partial charge in [-0.3, -0.25) is 9.69 Å². The van der Waals surface area contributed by atoms with E-state index in [0.29, 0.717) is 12.3 Å². The zero-order chi connectivity index (χ0) is 21.6. The van der Waals surface area contributed by atoms with Crippen LogP contribution in [0.4, 0.5) is 10.1 Å². The minimum Gasteiger partial charge on any atom is -0.495 e. The van der Waals surface area contributed by atoms with E-state index in [1.165, 1.54) is 24.5 Å². The van der Waals surface area contributed by atoms with E-state index in [9.17, 15) is 9.18 Å². The van der Waals surface area contributed by atoms with Gasteiger partial charge in [0.1, 0.15) is 30.2 Å². The van der Waals surface area contributed by atoms with E-state index in [1.54, 1.807) is 19.2 Å². The molecule has 31 heavy (non-hydrogen) atoms. The van der Waals surface area contributed by atoms with Crippen LogP contribution in [0.15, 0.2) is 70.1 Å². The minimum atomic E-state index is -0.309. The number of hydrogen-bond acceptors (Lipinski definition) is 6. The van der Waals surface area contributed by atoms with Crippen molar-refractivity contribution in [1.29, 1.82) is 0 Å². The van der Waals surface area contributed by atoms with Crippen molar-refractivity contribution in [1.82, 2.24) is 4.90 Å². The molecule has 0 spiro atoms. The van der Waals surface area contributed by atoms with Crippen molar-refractivity contribution in [3.05, 3.63) is 88.2 Å². The van der Waals surface area contributed by atoms with Gasteiger partial charge in [-0.15, -0.1) is 0 Å². The molecule has 0 bridgehead atoms. The number of piperazine rings is 1. The highest BCUT2D eigenvalue weighted by Crippen LogP contribution is 2.28. The van der Waals surface area contributed by atoms with Gasteiger partial charge in [-0.25, -0.2) is 4.39 Å². The molecule has 3 aromatic rings. The van der Waals surface area contributed by atoms with Gasteiger partial charge in [0.2, 0.25) is 11.2 Å². The molecule has 0 radical (unpaired) electrons. The van der Waals surface area contributed by atoms with E-state index in [4.69, 9.17) is 13.9 Å². The van der Waals surface area contributed by atoms with Crippen LogP contribution in [0.25, 0.3) is 0 Å². The van der Waals surface area contributed by atoms with Crippen LogP contribution >= 0.6 is 0 Å². The maximum atomic E-state index is 13.0. The fourth-order valence-electron chi connectivity index (χ4n) is 3.63. The molecule has 1 aliphatic rings. The summed E-state index contributed by atoms with van der Waals surface area (Å²) in [5, 5.41) is 0. The molecule has 0 saturated carbocycles. The van der Waals surface area contributed by atoms with Crippen LogP contribution in [0, 0.1) is 5.82 Å². The summed E-state index contributed by atoms with van der Waals surface area (Å²) in [5.41, 5.74) is 1.65. The van der Waals surface area contributed by atoms with Crippen LogP contribution in [0.1, 0.15) is 11.3 Å². The van der Waals surface area contributed by atoms with Crippen molar-refractivity contribution in [2.45, 2.75) is 13.2 Å². The van der Waals surface area contributed by atoms with Gasteiger partial charge in [0.15, 0.2) is 0 Å². The summed E-state index contributed by atoms with van der Waals surface area (Å²) >= 11 is 0. The molecule has 1 aromatic heterocycles. The number of hydrogen-bond donors (Lipinski definition) is 0. The molecule has 1 fully saturated rings. The van der Waals surface area contributed by atoms with Crippen molar-refractivity contribution in [3.8, 4) is 11.5 Å². The number of benzene rings is 2. The summed E-state index contributed by atoms with van der Waals surface area (Å²) < 4.78 is 29.6. The van der Waals surface area contributed by atoms with Crippen LogP contribution < -0.4 is 19.8 Å². The van der Waals surface area contributed by atoms with Crippen molar-refractivity contribution in [2.75, 3.05) is 38.2 Å². The lowest BCUT2D eigenvalue weighted by Crippen LogP contribution is -2.46. The Morgan fingerprint density at radius 1 is 1.00 bits per heavy atom. The number of rotatable bonds is 7. The number of ether oxygens (including phenoxy) is 2. The molecule has 2 aromatic carbocycles. The molecule has 7 heteroatoms. The third kappa shape index (κ3) is 5.24. The molecule has 162 valence electrons. The summed E-state index contributed by atoms with van der Waals surface area (Å²) in [6.45, 7) is 4.17. The first-order chi connectivity index (χ1) is 15.1. The highest BCUT2D eigenvalue weighted by atomic mass is 19.1. The molecule has 6 nitrogen and oxygen atoms in total. The molecule has 1 saturated heterocycles. The highest BCUT2D eigenvalue weighted by Gasteiger charge is 2.20. The summed E-state index contributed by atoms with van der Waals surface area (Å²) in [7, 11) is 1.68. The van der Waals surface area contributed by atoms with Crippen molar-refractivity contribution in [3.63, 3.8) is 0 Å². The third-order valence-corrected chi connectivity index (χ3v) is 5.34. The Kier molecular flexibility index (Phi) is 6.52. The molecule has 4 rings (SSSR count). The first kappa shape index (κ1) is 20.9. The fourth-order valence-corrected chi connectivity index (χ4v) is 3.63. The lowest BCUT2D eigenvalue weighted by atomic mass is 10.2. The van der Waals surface area contributed by atoms with E-state index in [2.05, 4.69) is 15.9 Å². The maximum Gasteiger partial charge on any atom is 0.227 e. The second-order valence-corrected chi connectivity index (χ2v) is 7.43. The van der Waals surface area contributed by atoms with Gasteiger partial charge in [0, 0.05) is 32.2 Å². The molecular formula is C24H25FN2O4. The Bertz CT molecular complexity index is 1060. The maximum absolute atomic E-state index is 13.0. The van der Waals surface area contributed by atoms with E-state index >= 15 is 0 Å². The topological polar surface area (TPSA) is 55.2 Å². The minimum absolute atomic E-state index is 0.147. The SMILES string of the molecule is COc1ccccc1N1CCN(Cc2cc(=O)c(OCc3ccc(F)cc3)co2)CC1. The second kappa shape index (κ2) is 9.66. The number of halogens is 1. The average molecular weight is 424 g/mol. The van der Waals surface area contributed by atoms with E-state index in [0.717, 1.165) is 43.2 Å². The van der Waals surface area contributed by atoms with Crippen LogP contribution in [0.5, 0.6) is 11.5 Å². The lowest BCUT2D eigenvalue weighted by molar-refractivity contribution is 0.224. The van der Waals surface area contributed by atoms with E-state index < -0.39 is 0 Å². The molecule has 2 heterocycles. The van der Waals surface area contributed by atoms with Gasteiger partial charge in [0.25, 0.3) is 0 Å². The van der Waals surface area contributed by atoms with Gasteiger partial charge < -0.3 is 18.8 Å². The Balaban J connectivity index is 1.31. The number of anilines is 1. The summed E-state index contributed by atoms with van der Waals surface area (Å²) in [6, 6.07) is 15.5. The molecule has 0 amide bonds. The Labute approximate surface area is 180 Å². The largest absolute Gasteiger partial charge is 0.495 e. The molecular weight excluding hydrogens is 399 g/mol. The second-order valence-electron chi connectivity index (χ2n) is 7.43. The van der Waals surface area contributed by atoms with E-state index in [1.807, 2.05) is 18.2 Å². The summed E-state index contributed by atoms with van der Waals surface area (Å²) in [6.07, 6.45) is 1.35. The lowest BCUT2D eigenvalue weighted by Gasteiger charge is -2.36. The van der Waals surface area contributed by atoms with Gasteiger partial charge in [-0.2, -0.15) is 0 Å². The molecule has 1 aliphatic heterocycles. The quantitative estimate of drug-likeness (QED) is 0.577. The smallest absolute Gasteiger partial charge is 0.227 e. The van der Waals surface area contributed by atoms with Crippen LogP contribution in [-0.2, 0) is 13.2 Å². The Morgan fingerprint density at radius 3 is 2.45 bits per heavy atom. The van der Waals surface area contributed by atoms with E-state index in [-0.39, 0.29) is 23.6 Å². The summed E-state index contributed by atoms with van der Waals surface area (Å²) in [5.74, 6) is 1.31. The average Bonchev–Trinajstić information content (AvgIpc) is 2.80. The van der Waals surface area contributed by atoms with Gasteiger partial charge in [-0.1, -0.05) is 24.3 Å². The predicted molar refractivity (Wildman–Crippen MR) is 116 cm³/mol. The first-order valence-electron chi connectivity index (χ1n) is 10.2. The standard InChI is InChI=1S/C24H25FN2O4/c1-29-23-5-3-2-4-21(23)27-12-10-26(11-13-27)15-20-14-22(28)24(17-30-20)31-16-18-6-8-19(25)9-7-18/h2-9,14,17H,10-13,15-16H2,1H3. The zero-order valence-corrected chi connectivity index (χ0v) is 17.4. The monoisotopic (exact) mass is 424 g/mol. The normalized spacial score (nSPS) is 14.5. The van der Waals surface area contributed by atoms with Gasteiger partial charge in [-0.05, 0) is 29.8 Å². The van der Waals surface area contributed by atoms with Crippen molar-refractivity contribution in [2.24, 2.45) is 0 Å². The van der Waals surface area contributed by atoms with Crippen LogP contribution in [0.3, 0.4) is 0 Å². The Hall–Kier alpha value is -3.32. The number of methoxy groups -OCH3 is 1. The van der Waals surface area contributed by atoms with Crippen LogP contribution in [0.2, 0.25) is 0 Å². The van der Waals surface area contributed by atoms with Crippen molar-refractivity contribution < 1.29 is 18.3 Å². The Morgan fingerprint density at radius 2 is 1.74 bits per heavy atom. The molecule has 0 atom stereocenters. The number of para-hydroxylation sites is 2. The predicted octanol–water partition coefficient (Wildman–Crippen LogP) is 3.69. The van der Waals surface area contributed by atoms with Gasteiger partial charge in [0.05, 0.1) is 19.3 Å². The van der Waals surface area contributed by atoms with Gasteiger partial charge >= 0.3 is 0 Å². The fraction of sp³-hybridized carbons (Fsp3) is 0.292. The highest BCUT2D eigenvalue weighted by molar-refractivity contribution is 5.58. The van der Waals surface area contributed by atoms with Crippen LogP contribution in [-0.4, -0.2) is 38.2 Å². The summed E-state index contributed by atoms with van der Waals surface area (Å²) in [4.78, 5) is 16.9. The first-order valence-corrected chi connectivity index (χ1v) is 10.2. The number of nitrogens with zero attached hydrogens (tertiary/aromatic N) is 2. The van der Waals surface area contributed by atoms with Crippen molar-refractivity contribution >= 4 is 5.69 Å². The molecule has 0 N–H and O–H groups in total. The molecule has 0 unspecified atom stereocenters. The third-order valence-electron chi connectivity index (χ3n) is 5.34. The zero-order valence-electron chi connectivity index (χ0n) is 17.4.